The third-order valence-corrected chi connectivity index (χ3v) is 11.3. The quantitative estimate of drug-likeness (QED) is 0.197. The van der Waals surface area contributed by atoms with Crippen molar-refractivity contribution in [1.29, 1.82) is 0 Å². The maximum atomic E-state index is 6.91. The molecule has 7 aromatic carbocycles. The van der Waals surface area contributed by atoms with E-state index < -0.39 is 0 Å². The molecule has 0 saturated carbocycles. The number of amidine groups is 1. The number of aliphatic imine (C=N–C) groups is 1. The third kappa shape index (κ3) is 4.40. The van der Waals surface area contributed by atoms with Crippen molar-refractivity contribution in [2.75, 3.05) is 0 Å². The van der Waals surface area contributed by atoms with Crippen LogP contribution in [0.1, 0.15) is 22.9 Å². The van der Waals surface area contributed by atoms with E-state index in [0.717, 1.165) is 72.0 Å². The molecule has 1 unspecified atom stereocenters. The summed E-state index contributed by atoms with van der Waals surface area (Å²) < 4.78 is 16.0. The van der Waals surface area contributed by atoms with E-state index in [1.807, 2.05) is 23.5 Å². The number of hydrazine groups is 1. The summed E-state index contributed by atoms with van der Waals surface area (Å²) in [5, 5.41) is 9.18. The van der Waals surface area contributed by atoms with Gasteiger partial charge in [0.05, 0.1) is 5.56 Å². The first-order chi connectivity index (χ1) is 25.3. The van der Waals surface area contributed by atoms with Crippen LogP contribution in [-0.2, 0) is 6.54 Å². The minimum atomic E-state index is -0.220. The van der Waals surface area contributed by atoms with E-state index in [1.54, 1.807) is 0 Å². The van der Waals surface area contributed by atoms with Gasteiger partial charge in [0.2, 0.25) is 0 Å². The van der Waals surface area contributed by atoms with Crippen LogP contribution >= 0.6 is 11.3 Å². The van der Waals surface area contributed by atoms with Gasteiger partial charge < -0.3 is 14.3 Å². The zero-order valence-corrected chi connectivity index (χ0v) is 28.2. The Hall–Kier alpha value is -6.21. The number of thiophene rings is 1. The summed E-state index contributed by atoms with van der Waals surface area (Å²) in [6.45, 7) is 0.673. The Morgan fingerprint density at radius 1 is 0.529 bits per heavy atom. The van der Waals surface area contributed by atoms with Crippen molar-refractivity contribution in [3.63, 3.8) is 0 Å². The van der Waals surface area contributed by atoms with Gasteiger partial charge in [-0.1, -0.05) is 127 Å². The topological polar surface area (TPSA) is 53.9 Å². The summed E-state index contributed by atoms with van der Waals surface area (Å²) in [4.78, 5) is 5.36. The van der Waals surface area contributed by atoms with E-state index in [-0.39, 0.29) is 6.17 Å². The predicted molar refractivity (Wildman–Crippen MR) is 210 cm³/mol. The van der Waals surface area contributed by atoms with Gasteiger partial charge in [0.1, 0.15) is 34.3 Å². The van der Waals surface area contributed by atoms with Crippen molar-refractivity contribution in [2.24, 2.45) is 4.99 Å². The maximum absolute atomic E-state index is 6.91. The molecule has 11 rings (SSSR count). The number of fused-ring (bicyclic) bond motifs is 9. The summed E-state index contributed by atoms with van der Waals surface area (Å²) in [5.74, 6) is 0.789. The highest BCUT2D eigenvalue weighted by Crippen LogP contribution is 2.42. The van der Waals surface area contributed by atoms with Crippen molar-refractivity contribution in [1.82, 2.24) is 10.4 Å². The molecule has 5 nitrogen and oxygen atoms in total. The molecule has 1 aliphatic heterocycles. The number of hydrogen-bond donors (Lipinski definition) is 1. The molecule has 0 radical (unpaired) electrons. The van der Waals surface area contributed by atoms with Gasteiger partial charge in [-0.3, -0.25) is 0 Å². The van der Waals surface area contributed by atoms with E-state index in [9.17, 15) is 0 Å². The first-order valence-electron chi connectivity index (χ1n) is 17.2. The summed E-state index contributed by atoms with van der Waals surface area (Å²) in [6, 6.07) is 53.1. The van der Waals surface area contributed by atoms with Gasteiger partial charge in [0.15, 0.2) is 0 Å². The average Bonchev–Trinajstić information content (AvgIpc) is 3.96. The second-order valence-electron chi connectivity index (χ2n) is 13.1. The van der Waals surface area contributed by atoms with E-state index >= 15 is 0 Å². The Balaban J connectivity index is 1.05. The molecule has 6 heteroatoms. The molecule has 3 aromatic heterocycles. The van der Waals surface area contributed by atoms with E-state index in [0.29, 0.717) is 6.54 Å². The van der Waals surface area contributed by atoms with Crippen LogP contribution in [0.15, 0.2) is 165 Å². The number of nitrogens with one attached hydrogen (secondary N) is 1. The molecule has 0 amide bonds. The fraction of sp³-hybridized carbons (Fsp3) is 0.0444. The molecule has 51 heavy (non-hydrogen) atoms. The molecule has 0 bridgehead atoms. The van der Waals surface area contributed by atoms with Crippen LogP contribution in [0.3, 0.4) is 0 Å². The highest BCUT2D eigenvalue weighted by Gasteiger charge is 2.31. The van der Waals surface area contributed by atoms with Gasteiger partial charge in [-0.2, -0.15) is 5.01 Å². The van der Waals surface area contributed by atoms with Gasteiger partial charge in [-0.15, -0.1) is 11.3 Å². The zero-order chi connectivity index (χ0) is 33.5. The van der Waals surface area contributed by atoms with Crippen LogP contribution in [0.4, 0.5) is 0 Å². The van der Waals surface area contributed by atoms with Gasteiger partial charge in [0.25, 0.3) is 0 Å². The maximum Gasteiger partial charge on any atom is 0.148 e. The first kappa shape index (κ1) is 28.6. The fourth-order valence-electron chi connectivity index (χ4n) is 7.89. The molecular formula is C45H29N3O2S. The van der Waals surface area contributed by atoms with Crippen molar-refractivity contribution in [2.45, 2.75) is 12.7 Å². The van der Waals surface area contributed by atoms with Gasteiger partial charge >= 0.3 is 0 Å². The van der Waals surface area contributed by atoms with Gasteiger partial charge in [0, 0.05) is 59.4 Å². The van der Waals surface area contributed by atoms with Crippen LogP contribution in [0.2, 0.25) is 0 Å². The van der Waals surface area contributed by atoms with Gasteiger partial charge in [-0.25, -0.2) is 4.99 Å². The standard InChI is InChI=1S/C45H29N3O2S/c1-2-12-27(13-3-1)45-46-44(47-48(45)26-28-14-8-25-39-40(28)35-16-5-7-24-38(35)51-39)36-22-11-21-34-33-20-10-19-32(42(33)50-43(34)36)31-18-9-17-30-29-15-4-6-23-37(29)49-41(30)31/h1-25,45H,26H2,(H,46,47). The van der Waals surface area contributed by atoms with Crippen molar-refractivity contribution in [3.05, 3.63) is 168 Å². The lowest BCUT2D eigenvalue weighted by atomic mass is 9.99. The Kier molecular flexibility index (Phi) is 6.26. The molecule has 1 atom stereocenters. The largest absolute Gasteiger partial charge is 0.455 e. The molecule has 1 aliphatic rings. The Morgan fingerprint density at radius 2 is 1.12 bits per heavy atom. The summed E-state index contributed by atoms with van der Waals surface area (Å²) in [6.07, 6.45) is -0.220. The van der Waals surface area contributed by atoms with Crippen molar-refractivity contribution < 1.29 is 8.83 Å². The van der Waals surface area contributed by atoms with Crippen LogP contribution < -0.4 is 5.43 Å². The normalized spacial score (nSPS) is 15.1. The van der Waals surface area contributed by atoms with E-state index in [1.165, 1.54) is 25.7 Å². The third-order valence-electron chi connectivity index (χ3n) is 10.2. The number of furan rings is 2. The van der Waals surface area contributed by atoms with Crippen LogP contribution in [-0.4, -0.2) is 10.8 Å². The highest BCUT2D eigenvalue weighted by molar-refractivity contribution is 7.25. The van der Waals surface area contributed by atoms with E-state index in [4.69, 9.17) is 13.8 Å². The van der Waals surface area contributed by atoms with Gasteiger partial charge in [-0.05, 0) is 35.4 Å². The molecule has 4 heterocycles. The molecule has 0 saturated heterocycles. The number of hydrogen-bond acceptors (Lipinski definition) is 6. The van der Waals surface area contributed by atoms with E-state index in [2.05, 4.69) is 150 Å². The lowest BCUT2D eigenvalue weighted by Crippen LogP contribution is -2.37. The SMILES string of the molecule is c1ccc(C2N=C(c3cccc4c3oc3c(-c5cccc6c5oc5ccccc56)cccc34)NN2Cc2cccc3sc4ccccc4c23)cc1. The van der Waals surface area contributed by atoms with Crippen LogP contribution in [0, 0.1) is 0 Å². The highest BCUT2D eigenvalue weighted by atomic mass is 32.1. The monoisotopic (exact) mass is 675 g/mol. The van der Waals surface area contributed by atoms with Crippen LogP contribution in [0.25, 0.3) is 75.2 Å². The van der Waals surface area contributed by atoms with Crippen molar-refractivity contribution >= 4 is 81.2 Å². The lowest BCUT2D eigenvalue weighted by Gasteiger charge is -2.24. The second-order valence-corrected chi connectivity index (χ2v) is 14.2. The second kappa shape index (κ2) is 11.2. The molecule has 1 N–H and O–H groups in total. The molecular weight excluding hydrogens is 647 g/mol. The Labute approximate surface area is 296 Å². The molecule has 10 aromatic rings. The number of nitrogens with zero attached hydrogens (tertiary/aromatic N) is 2. The summed E-state index contributed by atoms with van der Waals surface area (Å²) >= 11 is 1.85. The minimum Gasteiger partial charge on any atom is -0.455 e. The smallest absolute Gasteiger partial charge is 0.148 e. The number of benzene rings is 7. The molecule has 0 spiro atoms. The molecule has 0 fully saturated rings. The average molecular weight is 676 g/mol. The molecule has 0 aliphatic carbocycles. The Morgan fingerprint density at radius 3 is 1.92 bits per heavy atom. The minimum absolute atomic E-state index is 0.220. The van der Waals surface area contributed by atoms with Crippen LogP contribution in [0.5, 0.6) is 0 Å². The summed E-state index contributed by atoms with van der Waals surface area (Å²) in [7, 11) is 0. The molecule has 242 valence electrons. The number of para-hydroxylation sites is 4. The fourth-order valence-corrected chi connectivity index (χ4v) is 9.05. The predicted octanol–water partition coefficient (Wildman–Crippen LogP) is 12.0. The number of rotatable bonds is 5. The van der Waals surface area contributed by atoms with Crippen molar-refractivity contribution in [3.8, 4) is 11.1 Å². The zero-order valence-electron chi connectivity index (χ0n) is 27.3. The first-order valence-corrected chi connectivity index (χ1v) is 18.0. The summed E-state index contributed by atoms with van der Waals surface area (Å²) in [5.41, 5.74) is 12.5. The Bertz CT molecular complexity index is 3010. The lowest BCUT2D eigenvalue weighted by molar-refractivity contribution is 0.182.